The lowest BCUT2D eigenvalue weighted by molar-refractivity contribution is -0.154. The van der Waals surface area contributed by atoms with Crippen LogP contribution in [-0.2, 0) is 9.59 Å². The van der Waals surface area contributed by atoms with E-state index < -0.39 is 17.8 Å². The van der Waals surface area contributed by atoms with E-state index in [4.69, 9.17) is 0 Å². The predicted molar refractivity (Wildman–Crippen MR) is 77.2 cm³/mol. The molecular formula is C15H23N3O3. The molecule has 0 aromatic heterocycles. The Kier molecular flexibility index (Phi) is 3.99. The van der Waals surface area contributed by atoms with E-state index in [1.165, 1.54) is 0 Å². The van der Waals surface area contributed by atoms with E-state index in [2.05, 4.69) is 17.4 Å². The molecule has 0 radical (unpaired) electrons. The zero-order valence-electron chi connectivity index (χ0n) is 12.4. The number of likely N-dealkylation sites (N-methyl/N-ethyl adjacent to an activating group) is 1. The molecule has 4 aliphatic rings. The third-order valence-electron chi connectivity index (χ3n) is 5.11. The molecule has 0 aromatic carbocycles. The number of hydrogen-bond acceptors (Lipinski definition) is 4. The second-order valence-corrected chi connectivity index (χ2v) is 6.45. The Morgan fingerprint density at radius 1 is 1.05 bits per heavy atom. The highest BCUT2D eigenvalue weighted by atomic mass is 16.4. The summed E-state index contributed by atoms with van der Waals surface area (Å²) < 4.78 is 0. The van der Waals surface area contributed by atoms with Crippen molar-refractivity contribution in [2.75, 3.05) is 33.2 Å². The third kappa shape index (κ3) is 2.82. The van der Waals surface area contributed by atoms with Crippen molar-refractivity contribution in [1.29, 1.82) is 0 Å². The molecule has 2 fully saturated rings. The maximum atomic E-state index is 12.6. The maximum Gasteiger partial charge on any atom is 0.307 e. The number of piperazine rings is 1. The summed E-state index contributed by atoms with van der Waals surface area (Å²) in [5.41, 5.74) is 2.95. The van der Waals surface area contributed by atoms with E-state index >= 15 is 0 Å². The Morgan fingerprint density at radius 2 is 1.62 bits per heavy atom. The minimum atomic E-state index is -0.840. The van der Waals surface area contributed by atoms with Gasteiger partial charge in [-0.25, -0.2) is 5.01 Å². The number of nitrogens with zero attached hydrogens (tertiary/aromatic N) is 2. The number of hydrazine groups is 1. The Balaban J connectivity index is 1.68. The van der Waals surface area contributed by atoms with E-state index in [-0.39, 0.29) is 17.7 Å². The molecule has 116 valence electrons. The lowest BCUT2D eigenvalue weighted by Gasteiger charge is -2.43. The van der Waals surface area contributed by atoms with Crippen molar-refractivity contribution in [1.82, 2.24) is 15.3 Å². The van der Waals surface area contributed by atoms with E-state index in [1.807, 2.05) is 17.2 Å². The summed E-state index contributed by atoms with van der Waals surface area (Å²) >= 11 is 0. The quantitative estimate of drug-likeness (QED) is 0.726. The first-order valence-corrected chi connectivity index (χ1v) is 7.71. The monoisotopic (exact) mass is 293 g/mol. The Bertz CT molecular complexity index is 457. The average molecular weight is 293 g/mol. The fourth-order valence-corrected chi connectivity index (χ4v) is 3.84. The van der Waals surface area contributed by atoms with Gasteiger partial charge in [-0.2, -0.15) is 0 Å². The van der Waals surface area contributed by atoms with Gasteiger partial charge >= 0.3 is 5.97 Å². The summed E-state index contributed by atoms with van der Waals surface area (Å²) in [6, 6.07) is 0. The summed E-state index contributed by atoms with van der Waals surface area (Å²) in [6.45, 7) is 3.41. The zero-order chi connectivity index (χ0) is 15.0. The van der Waals surface area contributed by atoms with Crippen molar-refractivity contribution >= 4 is 11.9 Å². The van der Waals surface area contributed by atoms with Gasteiger partial charge in [0.25, 0.3) is 0 Å². The van der Waals surface area contributed by atoms with Crippen LogP contribution in [0.4, 0.5) is 0 Å². The molecule has 6 nitrogen and oxygen atoms in total. The number of carboxylic acid groups (broad SMARTS) is 1. The standard InChI is InChI=1S/C15H23N3O3/c1-17-6-8-18(9-7-17)16-14(19)12-10-2-4-11(5-3-10)13(12)15(20)21/h2,4,10-13H,3,5-9H2,1H3,(H,16,19)(H,20,21)/t10-,11-,12-,13-/m0/s1. The van der Waals surface area contributed by atoms with Crippen LogP contribution in [0.1, 0.15) is 12.8 Å². The van der Waals surface area contributed by atoms with Gasteiger partial charge in [0.15, 0.2) is 0 Å². The minimum Gasteiger partial charge on any atom is -0.481 e. The molecule has 3 aliphatic carbocycles. The zero-order valence-corrected chi connectivity index (χ0v) is 12.4. The SMILES string of the molecule is CN1CCN(NC(=O)[C@@H]2[C@@H](C(=O)O)[C@H]3C=C[C@H]2CC3)CC1. The molecule has 4 rings (SSSR count). The number of carboxylic acids is 1. The molecule has 1 amide bonds. The van der Waals surface area contributed by atoms with Gasteiger partial charge in [0, 0.05) is 26.2 Å². The van der Waals surface area contributed by atoms with Crippen molar-refractivity contribution in [2.24, 2.45) is 23.7 Å². The second kappa shape index (κ2) is 5.77. The minimum absolute atomic E-state index is 0.00994. The smallest absolute Gasteiger partial charge is 0.307 e. The van der Waals surface area contributed by atoms with Gasteiger partial charge in [0.05, 0.1) is 11.8 Å². The molecule has 1 saturated carbocycles. The fraction of sp³-hybridized carbons (Fsp3) is 0.733. The summed E-state index contributed by atoms with van der Waals surface area (Å²) in [6.07, 6.45) is 5.84. The molecular weight excluding hydrogens is 270 g/mol. The topological polar surface area (TPSA) is 72.9 Å². The van der Waals surface area contributed by atoms with Crippen LogP contribution in [0.3, 0.4) is 0 Å². The van der Waals surface area contributed by atoms with Gasteiger partial charge in [-0.1, -0.05) is 12.2 Å². The molecule has 0 spiro atoms. The van der Waals surface area contributed by atoms with Crippen LogP contribution >= 0.6 is 0 Å². The summed E-state index contributed by atoms with van der Waals surface area (Å²) in [4.78, 5) is 26.4. The van der Waals surface area contributed by atoms with Gasteiger partial charge in [-0.05, 0) is 31.7 Å². The van der Waals surface area contributed by atoms with Gasteiger partial charge < -0.3 is 10.0 Å². The highest BCUT2D eigenvalue weighted by Crippen LogP contribution is 2.45. The number of fused-ring (bicyclic) bond motifs is 2. The maximum absolute atomic E-state index is 12.6. The number of allylic oxidation sites excluding steroid dienone is 2. The normalized spacial score (nSPS) is 36.6. The van der Waals surface area contributed by atoms with E-state index in [9.17, 15) is 14.7 Å². The van der Waals surface area contributed by atoms with Crippen molar-refractivity contribution in [2.45, 2.75) is 12.8 Å². The first-order valence-electron chi connectivity index (χ1n) is 7.71. The highest BCUT2D eigenvalue weighted by Gasteiger charge is 2.48. The van der Waals surface area contributed by atoms with Crippen molar-refractivity contribution in [3.05, 3.63) is 12.2 Å². The number of amides is 1. The summed E-state index contributed by atoms with van der Waals surface area (Å²) in [7, 11) is 2.06. The number of nitrogens with one attached hydrogen (secondary N) is 1. The van der Waals surface area contributed by atoms with E-state index in [1.54, 1.807) is 0 Å². The van der Waals surface area contributed by atoms with Crippen molar-refractivity contribution in [3.8, 4) is 0 Å². The molecule has 2 N–H and O–H groups in total. The fourth-order valence-electron chi connectivity index (χ4n) is 3.84. The molecule has 21 heavy (non-hydrogen) atoms. The Morgan fingerprint density at radius 3 is 2.14 bits per heavy atom. The lowest BCUT2D eigenvalue weighted by Crippen LogP contribution is -2.57. The van der Waals surface area contributed by atoms with Gasteiger partial charge in [0.1, 0.15) is 0 Å². The lowest BCUT2D eigenvalue weighted by atomic mass is 9.62. The van der Waals surface area contributed by atoms with Crippen molar-refractivity contribution in [3.63, 3.8) is 0 Å². The number of hydrogen-bond donors (Lipinski definition) is 2. The second-order valence-electron chi connectivity index (χ2n) is 6.45. The Hall–Kier alpha value is -1.40. The number of aliphatic carboxylic acids is 1. The third-order valence-corrected chi connectivity index (χ3v) is 5.11. The molecule has 0 aromatic rings. The molecule has 6 heteroatoms. The van der Waals surface area contributed by atoms with Crippen LogP contribution in [0, 0.1) is 23.7 Å². The summed E-state index contributed by atoms with van der Waals surface area (Å²) in [5.74, 6) is -1.87. The van der Waals surface area contributed by atoms with Gasteiger partial charge in [-0.15, -0.1) is 0 Å². The van der Waals surface area contributed by atoms with Crippen LogP contribution in [-0.4, -0.2) is 60.1 Å². The van der Waals surface area contributed by atoms with Crippen LogP contribution in [0.5, 0.6) is 0 Å². The van der Waals surface area contributed by atoms with Gasteiger partial charge in [0.2, 0.25) is 5.91 Å². The molecule has 4 atom stereocenters. The number of rotatable bonds is 3. The number of carbonyl (C=O) groups is 2. The first-order chi connectivity index (χ1) is 10.1. The Labute approximate surface area is 124 Å². The van der Waals surface area contributed by atoms with E-state index in [0.717, 1.165) is 39.0 Å². The summed E-state index contributed by atoms with van der Waals surface area (Å²) in [5, 5.41) is 11.4. The molecule has 2 bridgehead atoms. The molecule has 1 heterocycles. The van der Waals surface area contributed by atoms with Crippen LogP contribution in [0.25, 0.3) is 0 Å². The number of carbonyl (C=O) groups excluding carboxylic acids is 1. The average Bonchev–Trinajstić information content (AvgIpc) is 2.49. The van der Waals surface area contributed by atoms with Crippen molar-refractivity contribution < 1.29 is 14.7 Å². The molecule has 1 aliphatic heterocycles. The van der Waals surface area contributed by atoms with E-state index in [0.29, 0.717) is 0 Å². The molecule has 0 unspecified atom stereocenters. The first kappa shape index (κ1) is 14.5. The predicted octanol–water partition coefficient (Wildman–Crippen LogP) is 0.178. The van der Waals surface area contributed by atoms with Crippen LogP contribution in [0.15, 0.2) is 12.2 Å². The highest BCUT2D eigenvalue weighted by molar-refractivity contribution is 5.86. The largest absolute Gasteiger partial charge is 0.481 e. The van der Waals surface area contributed by atoms with Gasteiger partial charge in [-0.3, -0.25) is 15.0 Å². The van der Waals surface area contributed by atoms with Crippen LogP contribution < -0.4 is 5.43 Å². The van der Waals surface area contributed by atoms with Crippen LogP contribution in [0.2, 0.25) is 0 Å². The molecule has 1 saturated heterocycles.